The minimum absolute atomic E-state index is 0.0147. The monoisotopic (exact) mass is 218 g/mol. The van der Waals surface area contributed by atoms with Gasteiger partial charge in [-0.05, 0) is 11.1 Å². The average molecular weight is 218 g/mol. The van der Waals surface area contributed by atoms with Gasteiger partial charge in [-0.15, -0.1) is 0 Å². The summed E-state index contributed by atoms with van der Waals surface area (Å²) in [5.74, 6) is -4.01. The Bertz CT molecular complexity index is 330. The van der Waals surface area contributed by atoms with Gasteiger partial charge in [0.15, 0.2) is 0 Å². The van der Waals surface area contributed by atoms with Crippen LogP contribution in [0.3, 0.4) is 0 Å². The molecule has 15 heavy (non-hydrogen) atoms. The molecule has 0 saturated heterocycles. The lowest BCUT2D eigenvalue weighted by Crippen LogP contribution is -2.26. The normalized spacial score (nSPS) is 11.8. The number of halogens is 4. The van der Waals surface area contributed by atoms with Gasteiger partial charge in [0.1, 0.15) is 0 Å². The highest BCUT2D eigenvalue weighted by Crippen LogP contribution is 2.32. The Morgan fingerprint density at radius 3 is 2.20 bits per heavy atom. The maximum atomic E-state index is 12.7. The molecule has 0 heterocycles. The summed E-state index contributed by atoms with van der Waals surface area (Å²) >= 11 is 0. The van der Waals surface area contributed by atoms with Crippen LogP contribution >= 0.6 is 0 Å². The maximum absolute atomic E-state index is 12.7. The molecule has 0 bridgehead atoms. The zero-order valence-corrected chi connectivity index (χ0v) is 7.89. The van der Waals surface area contributed by atoms with E-state index in [2.05, 4.69) is 6.58 Å². The second kappa shape index (κ2) is 4.47. The summed E-state index contributed by atoms with van der Waals surface area (Å²) < 4.78 is 49.1. The smallest absolute Gasteiger partial charge is 0.204 e. The van der Waals surface area contributed by atoms with E-state index in [1.807, 2.05) is 0 Å². The number of allylic oxidation sites excluding steroid dienone is 1. The standard InChI is InChI=1S/C11H10F4/c1-8(7-11(14,15)10(12)13)9-5-3-2-4-6-9/h2-6,10H,1,7H2. The van der Waals surface area contributed by atoms with Crippen molar-refractivity contribution in [3.05, 3.63) is 42.5 Å². The maximum Gasteiger partial charge on any atom is 0.311 e. The van der Waals surface area contributed by atoms with Crippen LogP contribution in [0.2, 0.25) is 0 Å². The van der Waals surface area contributed by atoms with Gasteiger partial charge in [-0.3, -0.25) is 0 Å². The van der Waals surface area contributed by atoms with Crippen LogP contribution in [0.4, 0.5) is 17.6 Å². The van der Waals surface area contributed by atoms with Gasteiger partial charge in [-0.1, -0.05) is 36.9 Å². The number of hydrogen-bond acceptors (Lipinski definition) is 0. The van der Waals surface area contributed by atoms with Crippen LogP contribution in [0, 0.1) is 0 Å². The van der Waals surface area contributed by atoms with Crippen LogP contribution in [0.5, 0.6) is 0 Å². The van der Waals surface area contributed by atoms with Crippen LogP contribution in [0.15, 0.2) is 36.9 Å². The lowest BCUT2D eigenvalue weighted by atomic mass is 10.0. The van der Waals surface area contributed by atoms with Gasteiger partial charge in [0, 0.05) is 6.42 Å². The van der Waals surface area contributed by atoms with Crippen molar-refractivity contribution in [3.8, 4) is 0 Å². The first kappa shape index (κ1) is 11.8. The van der Waals surface area contributed by atoms with Crippen LogP contribution in [0.25, 0.3) is 5.57 Å². The van der Waals surface area contributed by atoms with Gasteiger partial charge in [-0.25, -0.2) is 8.78 Å². The topological polar surface area (TPSA) is 0 Å². The molecule has 0 amide bonds. The molecular weight excluding hydrogens is 208 g/mol. The molecule has 0 aliphatic heterocycles. The van der Waals surface area contributed by atoms with Crippen molar-refractivity contribution in [2.45, 2.75) is 18.8 Å². The SMILES string of the molecule is C=C(CC(F)(F)C(F)F)c1ccccc1. The summed E-state index contributed by atoms with van der Waals surface area (Å²) in [7, 11) is 0. The third kappa shape index (κ3) is 3.08. The van der Waals surface area contributed by atoms with E-state index in [4.69, 9.17) is 0 Å². The van der Waals surface area contributed by atoms with Gasteiger partial charge < -0.3 is 0 Å². The van der Waals surface area contributed by atoms with E-state index in [0.717, 1.165) is 0 Å². The Kier molecular flexibility index (Phi) is 3.50. The first-order chi connectivity index (χ1) is 6.93. The Hall–Kier alpha value is -1.32. The number of hydrogen-bond donors (Lipinski definition) is 0. The highest BCUT2D eigenvalue weighted by molar-refractivity contribution is 5.63. The molecule has 0 unspecified atom stereocenters. The molecule has 1 aromatic carbocycles. The van der Waals surface area contributed by atoms with E-state index in [1.54, 1.807) is 30.3 Å². The second-order valence-electron chi connectivity index (χ2n) is 3.21. The molecule has 0 fully saturated rings. The van der Waals surface area contributed by atoms with Crippen molar-refractivity contribution in [1.29, 1.82) is 0 Å². The van der Waals surface area contributed by atoms with E-state index < -0.39 is 18.8 Å². The lowest BCUT2D eigenvalue weighted by molar-refractivity contribution is -0.123. The molecular formula is C11H10F4. The predicted molar refractivity (Wildman–Crippen MR) is 51.0 cm³/mol. The zero-order chi connectivity index (χ0) is 11.5. The third-order valence-corrected chi connectivity index (χ3v) is 1.95. The molecule has 82 valence electrons. The highest BCUT2D eigenvalue weighted by Gasteiger charge is 2.40. The fourth-order valence-corrected chi connectivity index (χ4v) is 1.14. The molecule has 0 N–H and O–H groups in total. The first-order valence-electron chi connectivity index (χ1n) is 4.32. The third-order valence-electron chi connectivity index (χ3n) is 1.95. The first-order valence-corrected chi connectivity index (χ1v) is 4.32. The fourth-order valence-electron chi connectivity index (χ4n) is 1.14. The quantitative estimate of drug-likeness (QED) is 0.670. The minimum atomic E-state index is -4.01. The van der Waals surface area contributed by atoms with Gasteiger partial charge in [0.05, 0.1) is 0 Å². The van der Waals surface area contributed by atoms with Crippen molar-refractivity contribution in [2.75, 3.05) is 0 Å². The molecule has 1 rings (SSSR count). The van der Waals surface area contributed by atoms with E-state index in [-0.39, 0.29) is 5.57 Å². The number of rotatable bonds is 4. The number of alkyl halides is 4. The van der Waals surface area contributed by atoms with E-state index >= 15 is 0 Å². The van der Waals surface area contributed by atoms with Crippen LogP contribution in [-0.4, -0.2) is 12.3 Å². The molecule has 1 aromatic rings. The molecule has 0 aliphatic carbocycles. The number of benzene rings is 1. The summed E-state index contributed by atoms with van der Waals surface area (Å²) in [5.41, 5.74) is 0.471. The van der Waals surface area contributed by atoms with Crippen molar-refractivity contribution in [3.63, 3.8) is 0 Å². The van der Waals surface area contributed by atoms with Gasteiger partial charge >= 0.3 is 12.3 Å². The molecule has 0 aliphatic rings. The van der Waals surface area contributed by atoms with Gasteiger partial charge in [0.25, 0.3) is 0 Å². The van der Waals surface area contributed by atoms with E-state index in [1.165, 1.54) is 0 Å². The fraction of sp³-hybridized carbons (Fsp3) is 0.273. The highest BCUT2D eigenvalue weighted by atomic mass is 19.3. The van der Waals surface area contributed by atoms with Crippen molar-refractivity contribution < 1.29 is 17.6 Å². The van der Waals surface area contributed by atoms with Crippen LogP contribution in [0.1, 0.15) is 12.0 Å². The average Bonchev–Trinajstić information content (AvgIpc) is 2.18. The molecule has 0 radical (unpaired) electrons. The Labute approximate surface area is 85.2 Å². The lowest BCUT2D eigenvalue weighted by Gasteiger charge is -2.16. The van der Waals surface area contributed by atoms with E-state index in [0.29, 0.717) is 5.56 Å². The van der Waals surface area contributed by atoms with Crippen LogP contribution in [-0.2, 0) is 0 Å². The largest absolute Gasteiger partial charge is 0.311 e. The molecule has 0 atom stereocenters. The molecule has 0 spiro atoms. The van der Waals surface area contributed by atoms with E-state index in [9.17, 15) is 17.6 Å². The molecule has 4 heteroatoms. The van der Waals surface area contributed by atoms with Gasteiger partial charge in [-0.2, -0.15) is 8.78 Å². The Balaban J connectivity index is 2.73. The summed E-state index contributed by atoms with van der Waals surface area (Å²) in [5, 5.41) is 0. The summed E-state index contributed by atoms with van der Waals surface area (Å²) in [6.45, 7) is 3.38. The second-order valence-corrected chi connectivity index (χ2v) is 3.21. The van der Waals surface area contributed by atoms with Gasteiger partial charge in [0.2, 0.25) is 0 Å². The summed E-state index contributed by atoms with van der Waals surface area (Å²) in [4.78, 5) is 0. The summed E-state index contributed by atoms with van der Waals surface area (Å²) in [6.07, 6.45) is -4.67. The molecule has 0 aromatic heterocycles. The molecule has 0 nitrogen and oxygen atoms in total. The predicted octanol–water partition coefficient (Wildman–Crippen LogP) is 3.99. The van der Waals surface area contributed by atoms with Crippen molar-refractivity contribution >= 4 is 5.57 Å². The Morgan fingerprint density at radius 2 is 1.73 bits per heavy atom. The zero-order valence-electron chi connectivity index (χ0n) is 7.89. The van der Waals surface area contributed by atoms with Crippen molar-refractivity contribution in [1.82, 2.24) is 0 Å². The Morgan fingerprint density at radius 1 is 1.20 bits per heavy atom. The minimum Gasteiger partial charge on any atom is -0.204 e. The summed E-state index contributed by atoms with van der Waals surface area (Å²) in [6, 6.07) is 8.11. The molecule has 0 saturated carbocycles. The van der Waals surface area contributed by atoms with Crippen LogP contribution < -0.4 is 0 Å². The van der Waals surface area contributed by atoms with Crippen molar-refractivity contribution in [2.24, 2.45) is 0 Å².